The van der Waals surface area contributed by atoms with Crippen LogP contribution in [0.5, 0.6) is 0 Å². The minimum absolute atomic E-state index is 0.0153. The molecule has 2 aromatic rings. The van der Waals surface area contributed by atoms with Crippen molar-refractivity contribution < 1.29 is 18.0 Å². The highest BCUT2D eigenvalue weighted by atomic mass is 35.5. The largest absolute Gasteiger partial charge is 0.279 e. The zero-order valence-electron chi connectivity index (χ0n) is 11.8. The third kappa shape index (κ3) is 4.08. The van der Waals surface area contributed by atoms with Gasteiger partial charge in [0.15, 0.2) is 0 Å². The molecule has 2 rings (SSSR count). The van der Waals surface area contributed by atoms with E-state index in [1.54, 1.807) is 17.5 Å². The summed E-state index contributed by atoms with van der Waals surface area (Å²) in [6.07, 6.45) is 0. The van der Waals surface area contributed by atoms with E-state index >= 15 is 0 Å². The van der Waals surface area contributed by atoms with E-state index in [1.165, 1.54) is 30.5 Å². The van der Waals surface area contributed by atoms with Gasteiger partial charge in [0.25, 0.3) is 11.8 Å². The maximum Gasteiger partial charge on any atom is 0.279 e. The molecule has 0 unspecified atom stereocenters. The molecule has 0 spiro atoms. The molecule has 0 radical (unpaired) electrons. The van der Waals surface area contributed by atoms with Gasteiger partial charge in [-0.3, -0.25) is 20.4 Å². The lowest BCUT2D eigenvalue weighted by Crippen LogP contribution is -2.41. The zero-order chi connectivity index (χ0) is 17.0. The van der Waals surface area contributed by atoms with Gasteiger partial charge in [-0.2, -0.15) is 0 Å². The zero-order valence-corrected chi connectivity index (χ0v) is 14.2. The number of sulfonamides is 1. The molecule has 7 nitrogen and oxygen atoms in total. The quantitative estimate of drug-likeness (QED) is 0.704. The maximum absolute atomic E-state index is 12.0. The third-order valence-corrected chi connectivity index (χ3v) is 5.55. The average molecular weight is 374 g/mol. The van der Waals surface area contributed by atoms with E-state index in [-0.39, 0.29) is 15.5 Å². The summed E-state index contributed by atoms with van der Waals surface area (Å²) >= 11 is 7.06. The van der Waals surface area contributed by atoms with Gasteiger partial charge in [0.05, 0.1) is 9.90 Å². The van der Waals surface area contributed by atoms with Crippen LogP contribution < -0.4 is 15.6 Å². The number of halogens is 1. The molecule has 0 aliphatic carbocycles. The Hall–Kier alpha value is -1.94. The summed E-state index contributed by atoms with van der Waals surface area (Å²) in [6.45, 7) is 0. The second-order valence-electron chi connectivity index (χ2n) is 4.24. The Morgan fingerprint density at radius 3 is 2.43 bits per heavy atom. The van der Waals surface area contributed by atoms with Gasteiger partial charge in [-0.15, -0.1) is 11.3 Å². The van der Waals surface area contributed by atoms with E-state index in [0.717, 1.165) is 6.07 Å². The normalized spacial score (nSPS) is 11.0. The van der Waals surface area contributed by atoms with Crippen molar-refractivity contribution in [3.05, 3.63) is 51.2 Å². The summed E-state index contributed by atoms with van der Waals surface area (Å²) in [5.41, 5.74) is 4.49. The summed E-state index contributed by atoms with van der Waals surface area (Å²) < 4.78 is 25.8. The number of thiophene rings is 1. The van der Waals surface area contributed by atoms with Gasteiger partial charge in [-0.1, -0.05) is 17.7 Å². The first-order valence-electron chi connectivity index (χ1n) is 6.22. The summed E-state index contributed by atoms with van der Waals surface area (Å²) in [7, 11) is -2.56. The van der Waals surface area contributed by atoms with Crippen molar-refractivity contribution in [1.82, 2.24) is 15.6 Å². The molecule has 10 heteroatoms. The SMILES string of the molecule is CNS(=O)(=O)c1cc(C(=O)NNC(=O)c2cccs2)ccc1Cl. The Morgan fingerprint density at radius 1 is 1.13 bits per heavy atom. The van der Waals surface area contributed by atoms with Crippen molar-refractivity contribution in [2.75, 3.05) is 7.05 Å². The molecule has 0 saturated carbocycles. The van der Waals surface area contributed by atoms with E-state index in [9.17, 15) is 18.0 Å². The van der Waals surface area contributed by atoms with E-state index in [2.05, 4.69) is 15.6 Å². The van der Waals surface area contributed by atoms with Crippen LogP contribution in [0.3, 0.4) is 0 Å². The number of carbonyl (C=O) groups excluding carboxylic acids is 2. The molecule has 1 aromatic heterocycles. The van der Waals surface area contributed by atoms with E-state index in [0.29, 0.717) is 4.88 Å². The van der Waals surface area contributed by atoms with Gasteiger partial charge in [0, 0.05) is 5.56 Å². The monoisotopic (exact) mass is 373 g/mol. The topological polar surface area (TPSA) is 104 Å². The molecule has 1 aromatic carbocycles. The second-order valence-corrected chi connectivity index (χ2v) is 7.45. The van der Waals surface area contributed by atoms with Crippen LogP contribution in [0.2, 0.25) is 5.02 Å². The van der Waals surface area contributed by atoms with Crippen LogP contribution in [0.4, 0.5) is 0 Å². The number of hydrazine groups is 1. The van der Waals surface area contributed by atoms with Crippen LogP contribution in [0, 0.1) is 0 Å². The first-order chi connectivity index (χ1) is 10.8. The first-order valence-corrected chi connectivity index (χ1v) is 8.96. The van der Waals surface area contributed by atoms with Crippen molar-refractivity contribution in [2.24, 2.45) is 0 Å². The standard InChI is InChI=1S/C13H12ClN3O4S2/c1-15-23(20,21)11-7-8(4-5-9(11)14)12(18)16-17-13(19)10-3-2-6-22-10/h2-7,15H,1H3,(H,16,18)(H,17,19). The summed E-state index contributed by atoms with van der Waals surface area (Å²) in [5.74, 6) is -1.13. The summed E-state index contributed by atoms with van der Waals surface area (Å²) in [5, 5.41) is 1.71. The molecule has 0 aliphatic heterocycles. The number of nitrogens with one attached hydrogen (secondary N) is 3. The predicted octanol–water partition coefficient (Wildman–Crippen LogP) is 1.38. The highest BCUT2D eigenvalue weighted by Gasteiger charge is 2.19. The lowest BCUT2D eigenvalue weighted by atomic mass is 10.2. The Kier molecular flexibility index (Phi) is 5.37. The average Bonchev–Trinajstić information content (AvgIpc) is 3.07. The van der Waals surface area contributed by atoms with Crippen LogP contribution in [0.15, 0.2) is 40.6 Å². The number of hydrogen-bond acceptors (Lipinski definition) is 5. The van der Waals surface area contributed by atoms with Crippen molar-refractivity contribution in [3.63, 3.8) is 0 Å². The van der Waals surface area contributed by atoms with Gasteiger partial charge < -0.3 is 0 Å². The van der Waals surface area contributed by atoms with Crippen LogP contribution in [0.25, 0.3) is 0 Å². The molecule has 0 bridgehead atoms. The van der Waals surface area contributed by atoms with E-state index in [4.69, 9.17) is 11.6 Å². The van der Waals surface area contributed by atoms with Crippen LogP contribution >= 0.6 is 22.9 Å². The fourth-order valence-corrected chi connectivity index (χ4v) is 3.48. The number of benzene rings is 1. The van der Waals surface area contributed by atoms with E-state index in [1.807, 2.05) is 0 Å². The molecule has 2 amide bonds. The molecular formula is C13H12ClN3O4S2. The maximum atomic E-state index is 12.0. The van der Waals surface area contributed by atoms with Crippen molar-refractivity contribution in [2.45, 2.75) is 4.90 Å². The molecule has 0 atom stereocenters. The number of carbonyl (C=O) groups is 2. The van der Waals surface area contributed by atoms with Crippen molar-refractivity contribution in [3.8, 4) is 0 Å². The fraction of sp³-hybridized carbons (Fsp3) is 0.0769. The van der Waals surface area contributed by atoms with Crippen LogP contribution in [-0.4, -0.2) is 27.3 Å². The van der Waals surface area contributed by atoms with Gasteiger partial charge >= 0.3 is 0 Å². The molecule has 1 heterocycles. The lowest BCUT2D eigenvalue weighted by Gasteiger charge is -2.09. The number of amides is 2. The minimum atomic E-state index is -3.80. The fourth-order valence-electron chi connectivity index (χ4n) is 1.62. The van der Waals surface area contributed by atoms with Gasteiger partial charge in [-0.25, -0.2) is 13.1 Å². The Labute approximate surface area is 141 Å². The summed E-state index contributed by atoms with van der Waals surface area (Å²) in [4.78, 5) is 23.9. The first kappa shape index (κ1) is 17.4. The molecule has 23 heavy (non-hydrogen) atoms. The van der Waals surface area contributed by atoms with Crippen LogP contribution in [0.1, 0.15) is 20.0 Å². The molecule has 3 N–H and O–H groups in total. The van der Waals surface area contributed by atoms with Crippen LogP contribution in [-0.2, 0) is 10.0 Å². The third-order valence-electron chi connectivity index (χ3n) is 2.79. The van der Waals surface area contributed by atoms with Crippen molar-refractivity contribution >= 4 is 44.8 Å². The van der Waals surface area contributed by atoms with Crippen molar-refractivity contribution in [1.29, 1.82) is 0 Å². The Bertz CT molecular complexity index is 835. The van der Waals surface area contributed by atoms with Gasteiger partial charge in [-0.05, 0) is 36.7 Å². The molecule has 0 saturated heterocycles. The molecule has 0 fully saturated rings. The molecular weight excluding hydrogens is 362 g/mol. The predicted molar refractivity (Wildman–Crippen MR) is 86.9 cm³/mol. The molecule has 122 valence electrons. The Morgan fingerprint density at radius 2 is 1.83 bits per heavy atom. The second kappa shape index (κ2) is 7.09. The van der Waals surface area contributed by atoms with E-state index < -0.39 is 21.8 Å². The summed E-state index contributed by atoms with van der Waals surface area (Å²) in [6, 6.07) is 7.08. The van der Waals surface area contributed by atoms with Gasteiger partial charge in [0.1, 0.15) is 4.90 Å². The lowest BCUT2D eigenvalue weighted by molar-refractivity contribution is 0.0849. The van der Waals surface area contributed by atoms with Gasteiger partial charge in [0.2, 0.25) is 10.0 Å². The highest BCUT2D eigenvalue weighted by Crippen LogP contribution is 2.22. The number of hydrogen-bond donors (Lipinski definition) is 3. The number of rotatable bonds is 4. The highest BCUT2D eigenvalue weighted by molar-refractivity contribution is 7.89. The Balaban J connectivity index is 2.14. The smallest absolute Gasteiger partial charge is 0.267 e. The minimum Gasteiger partial charge on any atom is -0.267 e. The molecule has 0 aliphatic rings.